The lowest BCUT2D eigenvalue weighted by Crippen LogP contribution is -2.45. The number of thiazole rings is 1. The lowest BCUT2D eigenvalue weighted by atomic mass is 10.0. The van der Waals surface area contributed by atoms with Gasteiger partial charge in [0.2, 0.25) is 0 Å². The number of piperidine rings is 1. The molecule has 2 aliphatic heterocycles. The van der Waals surface area contributed by atoms with Crippen LogP contribution in [0.4, 0.5) is 5.13 Å². The molecule has 0 unspecified atom stereocenters. The summed E-state index contributed by atoms with van der Waals surface area (Å²) in [5.41, 5.74) is 1.09. The van der Waals surface area contributed by atoms with E-state index in [-0.39, 0.29) is 5.79 Å². The van der Waals surface area contributed by atoms with Crippen molar-refractivity contribution in [3.8, 4) is 0 Å². The number of ether oxygens (including phenoxy) is 2. The fourth-order valence-corrected chi connectivity index (χ4v) is 3.84. The Morgan fingerprint density at radius 1 is 1.11 bits per heavy atom. The minimum absolute atomic E-state index is 0.298. The van der Waals surface area contributed by atoms with Gasteiger partial charge in [-0.15, -0.1) is 0 Å². The van der Waals surface area contributed by atoms with Crippen molar-refractivity contribution in [1.82, 2.24) is 4.98 Å². The van der Waals surface area contributed by atoms with E-state index < -0.39 is 0 Å². The van der Waals surface area contributed by atoms with E-state index in [2.05, 4.69) is 23.1 Å². The number of hydrogen-bond acceptors (Lipinski definition) is 5. The predicted octanol–water partition coefficient (Wildman–Crippen LogP) is 2.64. The number of nitrogens with zero attached hydrogens (tertiary/aromatic N) is 2. The first-order chi connectivity index (χ1) is 9.35. The molecule has 0 N–H and O–H groups in total. The Kier molecular flexibility index (Phi) is 2.72. The largest absolute Gasteiger partial charge is 0.348 e. The Morgan fingerprint density at radius 2 is 1.84 bits per heavy atom. The van der Waals surface area contributed by atoms with Crippen molar-refractivity contribution in [2.24, 2.45) is 0 Å². The summed E-state index contributed by atoms with van der Waals surface area (Å²) in [4.78, 5) is 7.06. The average Bonchev–Trinajstić information content (AvgIpc) is 3.06. The highest BCUT2D eigenvalue weighted by molar-refractivity contribution is 7.22. The second-order valence-corrected chi connectivity index (χ2v) is 6.07. The van der Waals surface area contributed by atoms with E-state index in [9.17, 15) is 0 Å². The van der Waals surface area contributed by atoms with Crippen molar-refractivity contribution in [3.63, 3.8) is 0 Å². The van der Waals surface area contributed by atoms with Crippen molar-refractivity contribution in [2.45, 2.75) is 18.6 Å². The fourth-order valence-electron chi connectivity index (χ4n) is 2.82. The minimum Gasteiger partial charge on any atom is -0.348 e. The Morgan fingerprint density at radius 3 is 2.58 bits per heavy atom. The van der Waals surface area contributed by atoms with E-state index in [1.165, 1.54) is 4.70 Å². The lowest BCUT2D eigenvalue weighted by molar-refractivity contribution is -0.169. The molecule has 1 aromatic carbocycles. The number of benzene rings is 1. The van der Waals surface area contributed by atoms with E-state index in [1.54, 1.807) is 11.3 Å². The summed E-state index contributed by atoms with van der Waals surface area (Å²) in [6.07, 6.45) is 1.87. The van der Waals surface area contributed by atoms with Crippen molar-refractivity contribution in [2.75, 3.05) is 31.2 Å². The maximum atomic E-state index is 5.76. The molecule has 19 heavy (non-hydrogen) atoms. The molecule has 0 saturated carbocycles. The molecule has 0 atom stereocenters. The zero-order valence-corrected chi connectivity index (χ0v) is 11.5. The van der Waals surface area contributed by atoms with Crippen LogP contribution in [0.5, 0.6) is 0 Å². The minimum atomic E-state index is -0.298. The number of fused-ring (bicyclic) bond motifs is 1. The smallest absolute Gasteiger partial charge is 0.186 e. The Hall–Kier alpha value is -1.17. The maximum absolute atomic E-state index is 5.76. The molecule has 0 amide bonds. The first-order valence-electron chi connectivity index (χ1n) is 6.73. The summed E-state index contributed by atoms with van der Waals surface area (Å²) in [6.45, 7) is 3.39. The molecule has 4 rings (SSSR count). The van der Waals surface area contributed by atoms with Gasteiger partial charge in [0.05, 0.1) is 23.4 Å². The topological polar surface area (TPSA) is 34.6 Å². The summed E-state index contributed by atoms with van der Waals surface area (Å²) in [6, 6.07) is 8.31. The molecule has 5 heteroatoms. The van der Waals surface area contributed by atoms with Crippen LogP contribution in [0, 0.1) is 0 Å². The number of anilines is 1. The lowest BCUT2D eigenvalue weighted by Gasteiger charge is -2.37. The number of para-hydroxylation sites is 1. The van der Waals surface area contributed by atoms with Crippen LogP contribution in [0.3, 0.4) is 0 Å². The molecule has 2 aliphatic rings. The molecular weight excluding hydrogens is 260 g/mol. The van der Waals surface area contributed by atoms with E-state index in [4.69, 9.17) is 14.5 Å². The fraction of sp³-hybridized carbons (Fsp3) is 0.500. The van der Waals surface area contributed by atoms with Gasteiger partial charge < -0.3 is 14.4 Å². The zero-order chi connectivity index (χ0) is 12.7. The van der Waals surface area contributed by atoms with Crippen LogP contribution < -0.4 is 4.90 Å². The van der Waals surface area contributed by atoms with Crippen molar-refractivity contribution in [1.29, 1.82) is 0 Å². The Balaban J connectivity index is 1.54. The monoisotopic (exact) mass is 276 g/mol. The quantitative estimate of drug-likeness (QED) is 0.802. The first kappa shape index (κ1) is 11.6. The summed E-state index contributed by atoms with van der Waals surface area (Å²) in [5, 5.41) is 1.12. The van der Waals surface area contributed by atoms with E-state index in [1.807, 2.05) is 6.07 Å². The van der Waals surface area contributed by atoms with Crippen LogP contribution in [0.1, 0.15) is 12.8 Å². The molecule has 100 valence electrons. The number of rotatable bonds is 1. The van der Waals surface area contributed by atoms with Crippen molar-refractivity contribution in [3.05, 3.63) is 24.3 Å². The molecule has 4 nitrogen and oxygen atoms in total. The van der Waals surface area contributed by atoms with Crippen LogP contribution in [-0.4, -0.2) is 37.1 Å². The highest BCUT2D eigenvalue weighted by Crippen LogP contribution is 2.35. The maximum Gasteiger partial charge on any atom is 0.186 e. The molecular formula is C14H16N2O2S. The molecule has 0 radical (unpaired) electrons. The molecule has 0 bridgehead atoms. The van der Waals surface area contributed by atoms with Crippen LogP contribution in [-0.2, 0) is 9.47 Å². The van der Waals surface area contributed by atoms with Gasteiger partial charge in [-0.3, -0.25) is 0 Å². The molecule has 1 spiro atoms. The van der Waals surface area contributed by atoms with E-state index in [0.717, 1.165) is 49.8 Å². The molecule has 2 saturated heterocycles. The van der Waals surface area contributed by atoms with Crippen LogP contribution in [0.25, 0.3) is 10.2 Å². The third-order valence-electron chi connectivity index (χ3n) is 3.89. The first-order valence-corrected chi connectivity index (χ1v) is 7.55. The third kappa shape index (κ3) is 2.02. The Bertz CT molecular complexity index is 549. The van der Waals surface area contributed by atoms with Gasteiger partial charge >= 0.3 is 0 Å². The number of aromatic nitrogens is 1. The normalized spacial score (nSPS) is 22.4. The van der Waals surface area contributed by atoms with Gasteiger partial charge in [-0.2, -0.15) is 0 Å². The molecule has 1 aromatic heterocycles. The molecule has 3 heterocycles. The van der Waals surface area contributed by atoms with Gasteiger partial charge in [0.1, 0.15) is 0 Å². The second kappa shape index (κ2) is 4.44. The van der Waals surface area contributed by atoms with Gasteiger partial charge in [-0.05, 0) is 12.1 Å². The second-order valence-electron chi connectivity index (χ2n) is 5.06. The summed E-state index contributed by atoms with van der Waals surface area (Å²) in [7, 11) is 0. The number of hydrogen-bond donors (Lipinski definition) is 0. The molecule has 0 aliphatic carbocycles. The Labute approximate surface area is 116 Å². The molecule has 2 fully saturated rings. The average molecular weight is 276 g/mol. The van der Waals surface area contributed by atoms with Gasteiger partial charge in [-0.25, -0.2) is 4.98 Å². The summed E-state index contributed by atoms with van der Waals surface area (Å²) in [5.74, 6) is -0.298. The molecule has 2 aromatic rings. The van der Waals surface area contributed by atoms with Crippen LogP contribution in [0.15, 0.2) is 24.3 Å². The van der Waals surface area contributed by atoms with Gasteiger partial charge in [-0.1, -0.05) is 23.5 Å². The predicted molar refractivity (Wildman–Crippen MR) is 75.7 cm³/mol. The van der Waals surface area contributed by atoms with Gasteiger partial charge in [0.15, 0.2) is 10.9 Å². The van der Waals surface area contributed by atoms with Gasteiger partial charge in [0, 0.05) is 25.9 Å². The SMILES string of the molecule is c1ccc2sc(N3CCC4(CC3)OCCO4)nc2c1. The van der Waals surface area contributed by atoms with Crippen molar-refractivity contribution < 1.29 is 9.47 Å². The van der Waals surface area contributed by atoms with E-state index >= 15 is 0 Å². The van der Waals surface area contributed by atoms with Crippen molar-refractivity contribution >= 4 is 26.7 Å². The third-order valence-corrected chi connectivity index (χ3v) is 4.99. The van der Waals surface area contributed by atoms with Crippen LogP contribution in [0.2, 0.25) is 0 Å². The standard InChI is InChI=1S/C14H16N2O2S/c1-2-4-12-11(3-1)15-13(19-12)16-7-5-14(6-8-16)17-9-10-18-14/h1-4H,5-10H2. The zero-order valence-electron chi connectivity index (χ0n) is 10.7. The van der Waals surface area contributed by atoms with Gasteiger partial charge in [0.25, 0.3) is 0 Å². The van der Waals surface area contributed by atoms with E-state index in [0.29, 0.717) is 0 Å². The highest BCUT2D eigenvalue weighted by Gasteiger charge is 2.40. The summed E-state index contributed by atoms with van der Waals surface area (Å²) < 4.78 is 12.8. The summed E-state index contributed by atoms with van der Waals surface area (Å²) >= 11 is 1.77. The van der Waals surface area contributed by atoms with Crippen LogP contribution >= 0.6 is 11.3 Å². The highest BCUT2D eigenvalue weighted by atomic mass is 32.1.